The van der Waals surface area contributed by atoms with E-state index in [1.165, 1.54) is 7.11 Å². The third-order valence-electron chi connectivity index (χ3n) is 2.07. The van der Waals surface area contributed by atoms with Crippen molar-refractivity contribution in [2.24, 2.45) is 0 Å². The summed E-state index contributed by atoms with van der Waals surface area (Å²) in [5.41, 5.74) is 1.45. The van der Waals surface area contributed by atoms with Crippen molar-refractivity contribution in [3.05, 3.63) is 0 Å². The number of nitrogens with one attached hydrogen (secondary N) is 2. The van der Waals surface area contributed by atoms with E-state index in [1.807, 2.05) is 0 Å². The predicted octanol–water partition coefficient (Wildman–Crippen LogP) is 1.30. The van der Waals surface area contributed by atoms with Gasteiger partial charge in [-0.1, -0.05) is 15.9 Å². The minimum absolute atomic E-state index is 0.0637. The Balaban J connectivity index is 4.56. The molecular weight excluding hydrogens is 332 g/mol. The number of carbonyl (C=O) groups is 3. The standard InChI is InChI=1S/C12H21BrN2O5/c1-12(2,3)20-11(18)14-9(10(17)15-19-4)6-5-8(16)7-13/h9H,5-7H2,1-4H3,(H,14,18)(H,15,17)/t9-/m0/s1. The number of rotatable bonds is 7. The van der Waals surface area contributed by atoms with Gasteiger partial charge in [0.2, 0.25) is 0 Å². The lowest BCUT2D eigenvalue weighted by Gasteiger charge is -2.22. The van der Waals surface area contributed by atoms with Crippen LogP contribution in [-0.2, 0) is 19.2 Å². The van der Waals surface area contributed by atoms with Crippen molar-refractivity contribution in [1.82, 2.24) is 10.8 Å². The molecule has 0 spiro atoms. The molecule has 20 heavy (non-hydrogen) atoms. The highest BCUT2D eigenvalue weighted by Crippen LogP contribution is 2.08. The molecule has 0 aromatic carbocycles. The van der Waals surface area contributed by atoms with Crippen molar-refractivity contribution in [2.75, 3.05) is 12.4 Å². The Hall–Kier alpha value is -1.15. The zero-order chi connectivity index (χ0) is 15.8. The largest absolute Gasteiger partial charge is 0.444 e. The zero-order valence-electron chi connectivity index (χ0n) is 12.1. The number of halogens is 1. The molecule has 0 bridgehead atoms. The highest BCUT2D eigenvalue weighted by molar-refractivity contribution is 9.09. The molecule has 0 unspecified atom stereocenters. The Kier molecular flexibility index (Phi) is 8.40. The van der Waals surface area contributed by atoms with E-state index in [2.05, 4.69) is 31.6 Å². The first-order chi connectivity index (χ1) is 9.19. The summed E-state index contributed by atoms with van der Waals surface area (Å²) in [6, 6.07) is -0.896. The summed E-state index contributed by atoms with van der Waals surface area (Å²) in [6.07, 6.45) is -0.401. The first-order valence-corrected chi connectivity index (χ1v) is 7.21. The normalized spacial score (nSPS) is 12.4. The first-order valence-electron chi connectivity index (χ1n) is 6.09. The van der Waals surface area contributed by atoms with Gasteiger partial charge in [0, 0.05) is 6.42 Å². The van der Waals surface area contributed by atoms with Crippen molar-refractivity contribution in [2.45, 2.75) is 45.3 Å². The van der Waals surface area contributed by atoms with Crippen LogP contribution in [0.1, 0.15) is 33.6 Å². The summed E-state index contributed by atoms with van der Waals surface area (Å²) in [5, 5.41) is 2.62. The molecule has 0 saturated carbocycles. The number of amides is 2. The van der Waals surface area contributed by atoms with Crippen LogP contribution in [0, 0.1) is 0 Å². The molecule has 116 valence electrons. The molecule has 8 heteroatoms. The molecule has 0 radical (unpaired) electrons. The highest BCUT2D eigenvalue weighted by atomic mass is 79.9. The number of hydrogen-bond acceptors (Lipinski definition) is 5. The third kappa shape index (κ3) is 8.87. The van der Waals surface area contributed by atoms with Crippen molar-refractivity contribution >= 4 is 33.7 Å². The minimum Gasteiger partial charge on any atom is -0.444 e. The Morgan fingerprint density at radius 1 is 1.25 bits per heavy atom. The van der Waals surface area contributed by atoms with Gasteiger partial charge < -0.3 is 10.1 Å². The molecule has 2 amide bonds. The fraction of sp³-hybridized carbons (Fsp3) is 0.750. The molecule has 1 atom stereocenters. The second-order valence-electron chi connectivity index (χ2n) is 5.08. The van der Waals surface area contributed by atoms with Gasteiger partial charge in [0.05, 0.1) is 12.4 Å². The summed E-state index contributed by atoms with van der Waals surface area (Å²) in [6.45, 7) is 5.14. The van der Waals surface area contributed by atoms with Gasteiger partial charge in [0.15, 0.2) is 0 Å². The minimum atomic E-state index is -0.896. The van der Waals surface area contributed by atoms with Crippen LogP contribution >= 0.6 is 15.9 Å². The van der Waals surface area contributed by atoms with Gasteiger partial charge in [-0.3, -0.25) is 14.4 Å². The van der Waals surface area contributed by atoms with Gasteiger partial charge in [-0.05, 0) is 27.2 Å². The van der Waals surface area contributed by atoms with E-state index in [1.54, 1.807) is 20.8 Å². The number of ether oxygens (including phenoxy) is 1. The molecule has 0 aromatic heterocycles. The fourth-order valence-corrected chi connectivity index (χ4v) is 1.54. The van der Waals surface area contributed by atoms with Gasteiger partial charge in [-0.25, -0.2) is 10.3 Å². The van der Waals surface area contributed by atoms with Crippen LogP contribution in [0.4, 0.5) is 4.79 Å². The number of carbonyl (C=O) groups excluding carboxylic acids is 3. The number of alkyl carbamates (subject to hydrolysis) is 1. The van der Waals surface area contributed by atoms with Crippen LogP contribution < -0.4 is 10.8 Å². The SMILES string of the molecule is CONC(=O)[C@H](CCC(=O)CBr)NC(=O)OC(C)(C)C. The Morgan fingerprint density at radius 3 is 2.30 bits per heavy atom. The van der Waals surface area contributed by atoms with E-state index in [0.29, 0.717) is 0 Å². The van der Waals surface area contributed by atoms with E-state index < -0.39 is 23.6 Å². The van der Waals surface area contributed by atoms with Crippen LogP contribution in [0.15, 0.2) is 0 Å². The zero-order valence-corrected chi connectivity index (χ0v) is 13.7. The van der Waals surface area contributed by atoms with Crippen molar-refractivity contribution in [1.29, 1.82) is 0 Å². The summed E-state index contributed by atoms with van der Waals surface area (Å²) in [5.74, 6) is -0.605. The van der Waals surface area contributed by atoms with E-state index in [9.17, 15) is 14.4 Å². The van der Waals surface area contributed by atoms with Gasteiger partial charge in [0.1, 0.15) is 17.4 Å². The van der Waals surface area contributed by atoms with Crippen molar-refractivity contribution < 1.29 is 24.0 Å². The Bertz CT molecular complexity index is 354. The Labute approximate surface area is 126 Å². The van der Waals surface area contributed by atoms with E-state index >= 15 is 0 Å². The smallest absolute Gasteiger partial charge is 0.408 e. The van der Waals surface area contributed by atoms with Crippen LogP contribution in [0.5, 0.6) is 0 Å². The molecule has 0 fully saturated rings. The fourth-order valence-electron chi connectivity index (χ4n) is 1.26. The molecule has 2 N–H and O–H groups in total. The second-order valence-corrected chi connectivity index (χ2v) is 5.64. The molecule has 0 rings (SSSR count). The molecule has 0 aliphatic rings. The molecule has 0 aromatic rings. The molecule has 0 aliphatic heterocycles. The average Bonchev–Trinajstić information content (AvgIpc) is 2.31. The van der Waals surface area contributed by atoms with Crippen molar-refractivity contribution in [3.63, 3.8) is 0 Å². The van der Waals surface area contributed by atoms with E-state index in [-0.39, 0.29) is 24.0 Å². The van der Waals surface area contributed by atoms with Crippen molar-refractivity contribution in [3.8, 4) is 0 Å². The predicted molar refractivity (Wildman–Crippen MR) is 76.3 cm³/mol. The first kappa shape index (κ1) is 18.9. The maximum atomic E-state index is 11.7. The average molecular weight is 353 g/mol. The maximum Gasteiger partial charge on any atom is 0.408 e. The van der Waals surface area contributed by atoms with E-state index in [4.69, 9.17) is 4.74 Å². The summed E-state index contributed by atoms with van der Waals surface area (Å²) < 4.78 is 5.06. The van der Waals surface area contributed by atoms with Gasteiger partial charge in [-0.2, -0.15) is 0 Å². The summed E-state index contributed by atoms with van der Waals surface area (Å²) >= 11 is 3.04. The summed E-state index contributed by atoms with van der Waals surface area (Å²) in [4.78, 5) is 39.1. The number of hydroxylamine groups is 1. The molecule has 7 nitrogen and oxygen atoms in total. The number of ketones is 1. The quantitative estimate of drug-likeness (QED) is 0.532. The molecule has 0 aliphatic carbocycles. The number of hydrogen-bond donors (Lipinski definition) is 2. The lowest BCUT2D eigenvalue weighted by atomic mass is 10.1. The van der Waals surface area contributed by atoms with Crippen LogP contribution in [0.3, 0.4) is 0 Å². The van der Waals surface area contributed by atoms with Crippen LogP contribution in [-0.4, -0.2) is 41.9 Å². The van der Waals surface area contributed by atoms with Gasteiger partial charge >= 0.3 is 6.09 Å². The highest BCUT2D eigenvalue weighted by Gasteiger charge is 2.24. The topological polar surface area (TPSA) is 93.7 Å². The number of Topliss-reactive ketones (excluding diaryl/α,β-unsaturated/α-hetero) is 1. The Morgan fingerprint density at radius 2 is 1.85 bits per heavy atom. The van der Waals surface area contributed by atoms with Gasteiger partial charge in [0.25, 0.3) is 5.91 Å². The van der Waals surface area contributed by atoms with Crippen LogP contribution in [0.25, 0.3) is 0 Å². The van der Waals surface area contributed by atoms with Gasteiger partial charge in [-0.15, -0.1) is 0 Å². The maximum absolute atomic E-state index is 11.7. The van der Waals surface area contributed by atoms with Crippen LogP contribution in [0.2, 0.25) is 0 Å². The molecule has 0 heterocycles. The molecule has 0 saturated heterocycles. The number of alkyl halides is 1. The lowest BCUT2D eigenvalue weighted by molar-refractivity contribution is -0.133. The second kappa shape index (κ2) is 8.91. The molecular formula is C12H21BrN2O5. The lowest BCUT2D eigenvalue weighted by Crippen LogP contribution is -2.48. The third-order valence-corrected chi connectivity index (χ3v) is 2.70. The monoisotopic (exact) mass is 352 g/mol. The van der Waals surface area contributed by atoms with E-state index in [0.717, 1.165) is 0 Å². The summed E-state index contributed by atoms with van der Waals surface area (Å²) in [7, 11) is 1.28.